The van der Waals surface area contributed by atoms with Gasteiger partial charge in [-0.15, -0.1) is 0 Å². The molecular weight excluding hydrogens is 451 g/mol. The Balaban J connectivity index is 1.38. The molecule has 1 unspecified atom stereocenters. The summed E-state index contributed by atoms with van der Waals surface area (Å²) in [7, 11) is 1.36. The van der Waals surface area contributed by atoms with Gasteiger partial charge in [0.25, 0.3) is 0 Å². The largest absolute Gasteiger partial charge is 0.494 e. The fourth-order valence-corrected chi connectivity index (χ4v) is 4.37. The maximum absolute atomic E-state index is 14.6. The number of anilines is 2. The van der Waals surface area contributed by atoms with E-state index in [0.29, 0.717) is 41.8 Å². The van der Waals surface area contributed by atoms with Gasteiger partial charge in [0.2, 0.25) is 5.95 Å². The summed E-state index contributed by atoms with van der Waals surface area (Å²) in [5.41, 5.74) is 1.40. The number of hydrogen-bond donors (Lipinski definition) is 2. The molecule has 186 valence electrons. The molecule has 2 aromatic heterocycles. The predicted octanol–water partition coefficient (Wildman–Crippen LogP) is 4.44. The van der Waals surface area contributed by atoms with Gasteiger partial charge in [0.05, 0.1) is 37.4 Å². The van der Waals surface area contributed by atoms with Crippen molar-refractivity contribution in [3.8, 4) is 11.5 Å². The SMILES string of the molecule is CCC(=O)c1cc(COc2cnc(Nc3cnn(C4C[C@@H](C)N[C@@H](C)C4)c3)nc2)c(F)c(OC)c1. The van der Waals surface area contributed by atoms with E-state index in [0.717, 1.165) is 18.5 Å². The van der Waals surface area contributed by atoms with Gasteiger partial charge >= 0.3 is 0 Å². The second kappa shape index (κ2) is 10.8. The molecule has 35 heavy (non-hydrogen) atoms. The molecule has 1 aromatic carbocycles. The Labute approximate surface area is 204 Å². The average Bonchev–Trinajstić information content (AvgIpc) is 3.32. The van der Waals surface area contributed by atoms with Crippen LogP contribution in [0, 0.1) is 5.82 Å². The van der Waals surface area contributed by atoms with E-state index in [-0.39, 0.29) is 23.7 Å². The van der Waals surface area contributed by atoms with Crippen LogP contribution in [0.1, 0.15) is 62.0 Å². The molecule has 1 aliphatic heterocycles. The van der Waals surface area contributed by atoms with Crippen LogP contribution in [-0.4, -0.2) is 44.7 Å². The molecule has 0 amide bonds. The Morgan fingerprint density at radius 1 is 1.20 bits per heavy atom. The lowest BCUT2D eigenvalue weighted by molar-refractivity contribution is 0.0987. The standard InChI is InChI=1S/C25H31FN6O3/c1-5-22(33)17-8-18(24(26)23(9-17)34-4)14-35-21-11-27-25(28-12-21)31-19-10-29-32(13-19)20-6-15(2)30-16(3)7-20/h8-13,15-16,20,30H,5-7,14H2,1-4H3,(H,27,28,31)/t15-,16+,20?. The first-order valence-electron chi connectivity index (χ1n) is 11.8. The Bertz CT molecular complexity index is 1160. The maximum Gasteiger partial charge on any atom is 0.227 e. The molecule has 3 heterocycles. The zero-order valence-electron chi connectivity index (χ0n) is 20.4. The number of halogens is 1. The Kier molecular flexibility index (Phi) is 7.60. The van der Waals surface area contributed by atoms with Crippen molar-refractivity contribution in [2.24, 2.45) is 0 Å². The molecule has 0 bridgehead atoms. The third-order valence-corrected chi connectivity index (χ3v) is 6.05. The summed E-state index contributed by atoms with van der Waals surface area (Å²) in [6.07, 6.45) is 9.09. The van der Waals surface area contributed by atoms with Crippen molar-refractivity contribution in [3.05, 3.63) is 53.9 Å². The minimum atomic E-state index is -0.561. The molecule has 2 N–H and O–H groups in total. The van der Waals surface area contributed by atoms with E-state index in [1.54, 1.807) is 13.1 Å². The molecule has 1 saturated heterocycles. The highest BCUT2D eigenvalue weighted by Gasteiger charge is 2.25. The van der Waals surface area contributed by atoms with Gasteiger partial charge in [-0.05, 0) is 38.8 Å². The van der Waals surface area contributed by atoms with Crippen molar-refractivity contribution >= 4 is 17.4 Å². The van der Waals surface area contributed by atoms with Crippen LogP contribution in [0.15, 0.2) is 36.9 Å². The number of nitrogens with one attached hydrogen (secondary N) is 2. The summed E-state index contributed by atoms with van der Waals surface area (Å²) in [4.78, 5) is 20.6. The number of ether oxygens (including phenoxy) is 2. The Morgan fingerprint density at radius 3 is 2.57 bits per heavy atom. The number of methoxy groups -OCH3 is 1. The first-order valence-corrected chi connectivity index (χ1v) is 11.8. The van der Waals surface area contributed by atoms with Crippen LogP contribution >= 0.6 is 0 Å². The minimum Gasteiger partial charge on any atom is -0.494 e. The van der Waals surface area contributed by atoms with E-state index in [2.05, 4.69) is 39.5 Å². The smallest absolute Gasteiger partial charge is 0.227 e. The van der Waals surface area contributed by atoms with E-state index in [4.69, 9.17) is 9.47 Å². The van der Waals surface area contributed by atoms with Gasteiger partial charge in [0.1, 0.15) is 6.61 Å². The molecule has 0 spiro atoms. The van der Waals surface area contributed by atoms with Crippen LogP contribution in [-0.2, 0) is 6.61 Å². The van der Waals surface area contributed by atoms with Gasteiger partial charge in [0, 0.05) is 35.8 Å². The first-order chi connectivity index (χ1) is 16.9. The van der Waals surface area contributed by atoms with Gasteiger partial charge < -0.3 is 20.1 Å². The van der Waals surface area contributed by atoms with Crippen molar-refractivity contribution in [1.29, 1.82) is 0 Å². The fraction of sp³-hybridized carbons (Fsp3) is 0.440. The summed E-state index contributed by atoms with van der Waals surface area (Å²) in [6.45, 7) is 6.04. The number of piperidine rings is 1. The zero-order chi connectivity index (χ0) is 24.9. The highest BCUT2D eigenvalue weighted by Crippen LogP contribution is 2.27. The molecule has 0 radical (unpaired) electrons. The van der Waals surface area contributed by atoms with Crippen LogP contribution in [0.5, 0.6) is 11.5 Å². The third-order valence-electron chi connectivity index (χ3n) is 6.05. The lowest BCUT2D eigenvalue weighted by Gasteiger charge is -2.32. The maximum atomic E-state index is 14.6. The summed E-state index contributed by atoms with van der Waals surface area (Å²) in [6, 6.07) is 4.14. The summed E-state index contributed by atoms with van der Waals surface area (Å²) in [5, 5.41) is 11.2. The van der Waals surface area contributed by atoms with E-state index in [1.165, 1.54) is 31.6 Å². The summed E-state index contributed by atoms with van der Waals surface area (Å²) in [5.74, 6) is 0.110. The summed E-state index contributed by atoms with van der Waals surface area (Å²) >= 11 is 0. The van der Waals surface area contributed by atoms with Crippen LogP contribution in [0.3, 0.4) is 0 Å². The first kappa shape index (κ1) is 24.6. The van der Waals surface area contributed by atoms with Crippen molar-refractivity contribution in [2.75, 3.05) is 12.4 Å². The topological polar surface area (TPSA) is 103 Å². The summed E-state index contributed by atoms with van der Waals surface area (Å²) < 4.78 is 27.4. The molecule has 4 rings (SSSR count). The van der Waals surface area contributed by atoms with Crippen molar-refractivity contribution < 1.29 is 18.7 Å². The molecule has 3 aromatic rings. The molecule has 9 nitrogen and oxygen atoms in total. The van der Waals surface area contributed by atoms with E-state index in [1.807, 2.05) is 10.9 Å². The zero-order valence-corrected chi connectivity index (χ0v) is 20.4. The highest BCUT2D eigenvalue weighted by molar-refractivity contribution is 5.96. The second-order valence-corrected chi connectivity index (χ2v) is 8.89. The highest BCUT2D eigenvalue weighted by atomic mass is 19.1. The minimum absolute atomic E-state index is 0.00708. The second-order valence-electron chi connectivity index (χ2n) is 8.89. The van der Waals surface area contributed by atoms with Crippen LogP contribution in [0.25, 0.3) is 0 Å². The number of rotatable bonds is 9. The monoisotopic (exact) mass is 482 g/mol. The lowest BCUT2D eigenvalue weighted by atomic mass is 9.95. The number of benzene rings is 1. The van der Waals surface area contributed by atoms with Crippen molar-refractivity contribution in [1.82, 2.24) is 25.1 Å². The van der Waals surface area contributed by atoms with Crippen LogP contribution < -0.4 is 20.1 Å². The van der Waals surface area contributed by atoms with Crippen LogP contribution in [0.4, 0.5) is 16.0 Å². The number of carbonyl (C=O) groups excluding carboxylic acids is 1. The van der Waals surface area contributed by atoms with E-state index < -0.39 is 5.82 Å². The predicted molar refractivity (Wildman–Crippen MR) is 130 cm³/mol. The number of carbonyl (C=O) groups is 1. The molecule has 10 heteroatoms. The van der Waals surface area contributed by atoms with Gasteiger partial charge in [0.15, 0.2) is 23.1 Å². The lowest BCUT2D eigenvalue weighted by Crippen LogP contribution is -2.43. The molecule has 1 aliphatic rings. The fourth-order valence-electron chi connectivity index (χ4n) is 4.37. The van der Waals surface area contributed by atoms with Gasteiger partial charge in [-0.1, -0.05) is 6.92 Å². The molecule has 1 fully saturated rings. The van der Waals surface area contributed by atoms with E-state index in [9.17, 15) is 9.18 Å². The number of hydrogen-bond acceptors (Lipinski definition) is 8. The van der Waals surface area contributed by atoms with Gasteiger partial charge in [-0.25, -0.2) is 14.4 Å². The Morgan fingerprint density at radius 2 is 1.91 bits per heavy atom. The number of nitrogens with zero attached hydrogens (tertiary/aromatic N) is 4. The normalized spacial score (nSPS) is 19.9. The van der Waals surface area contributed by atoms with Gasteiger partial charge in [-0.3, -0.25) is 9.48 Å². The number of Topliss-reactive ketones (excluding diaryl/α,β-unsaturated/α-hetero) is 1. The molecule has 0 saturated carbocycles. The quantitative estimate of drug-likeness (QED) is 0.432. The van der Waals surface area contributed by atoms with Crippen molar-refractivity contribution in [3.63, 3.8) is 0 Å². The van der Waals surface area contributed by atoms with E-state index >= 15 is 0 Å². The van der Waals surface area contributed by atoms with Crippen molar-refractivity contribution in [2.45, 2.75) is 64.8 Å². The average molecular weight is 483 g/mol. The molecule has 0 aliphatic carbocycles. The van der Waals surface area contributed by atoms with Crippen LogP contribution in [0.2, 0.25) is 0 Å². The number of ketones is 1. The molecular formula is C25H31FN6O3. The third kappa shape index (κ3) is 5.94. The Hall–Kier alpha value is -3.53. The number of aromatic nitrogens is 4. The van der Waals surface area contributed by atoms with Gasteiger partial charge in [-0.2, -0.15) is 5.10 Å². The molecule has 3 atom stereocenters.